The Bertz CT molecular complexity index is 275. The quantitative estimate of drug-likeness (QED) is 0.514. The van der Waals surface area contributed by atoms with Crippen molar-refractivity contribution in [3.63, 3.8) is 0 Å². The fourth-order valence-corrected chi connectivity index (χ4v) is 1.08. The van der Waals surface area contributed by atoms with Crippen molar-refractivity contribution in [1.82, 2.24) is 0 Å². The Balaban J connectivity index is 2.75. The molecular formula is C11H15NO. The average molecular weight is 177 g/mol. The second-order valence-electron chi connectivity index (χ2n) is 3.24. The van der Waals surface area contributed by atoms with E-state index in [0.717, 1.165) is 5.56 Å². The Morgan fingerprint density at radius 2 is 1.85 bits per heavy atom. The number of oxime groups is 1. The van der Waals surface area contributed by atoms with Crippen molar-refractivity contribution in [1.29, 1.82) is 0 Å². The molecule has 0 saturated heterocycles. The van der Waals surface area contributed by atoms with Crippen LogP contribution < -0.4 is 0 Å². The normalized spacial score (nSPS) is 11.1. The molecule has 0 aliphatic carbocycles. The van der Waals surface area contributed by atoms with Crippen LogP contribution in [0.3, 0.4) is 0 Å². The molecule has 2 nitrogen and oxygen atoms in total. The van der Waals surface area contributed by atoms with E-state index >= 15 is 0 Å². The molecule has 0 aliphatic rings. The first kappa shape index (κ1) is 9.78. The van der Waals surface area contributed by atoms with Crippen LogP contribution in [-0.4, -0.2) is 13.3 Å². The third kappa shape index (κ3) is 2.90. The van der Waals surface area contributed by atoms with Gasteiger partial charge in [-0.25, -0.2) is 0 Å². The van der Waals surface area contributed by atoms with E-state index < -0.39 is 0 Å². The van der Waals surface area contributed by atoms with Crippen LogP contribution in [0, 0.1) is 0 Å². The van der Waals surface area contributed by atoms with Crippen molar-refractivity contribution in [2.45, 2.75) is 19.8 Å². The molecule has 1 rings (SSSR count). The first-order valence-electron chi connectivity index (χ1n) is 4.40. The predicted molar refractivity (Wildman–Crippen MR) is 55.1 cm³/mol. The van der Waals surface area contributed by atoms with Gasteiger partial charge in [0.2, 0.25) is 0 Å². The highest BCUT2D eigenvalue weighted by Gasteiger charge is 1.96. The fraction of sp³-hybridized carbons (Fsp3) is 0.364. The Morgan fingerprint density at radius 3 is 2.31 bits per heavy atom. The topological polar surface area (TPSA) is 21.6 Å². The molecule has 0 aromatic heterocycles. The highest BCUT2D eigenvalue weighted by molar-refractivity contribution is 5.79. The van der Waals surface area contributed by atoms with Gasteiger partial charge in [-0.1, -0.05) is 43.3 Å². The van der Waals surface area contributed by atoms with E-state index in [1.807, 2.05) is 12.1 Å². The maximum absolute atomic E-state index is 4.59. The Labute approximate surface area is 79.2 Å². The zero-order chi connectivity index (χ0) is 9.68. The molecule has 1 aromatic rings. The van der Waals surface area contributed by atoms with Crippen LogP contribution in [0.1, 0.15) is 30.9 Å². The van der Waals surface area contributed by atoms with Crippen LogP contribution in [0.5, 0.6) is 0 Å². The molecule has 0 amide bonds. The molecule has 13 heavy (non-hydrogen) atoms. The number of hydrogen-bond acceptors (Lipinski definition) is 2. The van der Waals surface area contributed by atoms with Gasteiger partial charge in [0, 0.05) is 0 Å². The van der Waals surface area contributed by atoms with Gasteiger partial charge in [0.1, 0.15) is 7.11 Å². The van der Waals surface area contributed by atoms with Crippen LogP contribution in [0.4, 0.5) is 0 Å². The number of rotatable bonds is 3. The van der Waals surface area contributed by atoms with Crippen LogP contribution in [0.2, 0.25) is 0 Å². The van der Waals surface area contributed by atoms with Crippen LogP contribution in [0.15, 0.2) is 29.4 Å². The monoisotopic (exact) mass is 177 g/mol. The minimum atomic E-state index is 0.577. The van der Waals surface area contributed by atoms with Gasteiger partial charge in [-0.2, -0.15) is 0 Å². The first-order chi connectivity index (χ1) is 6.24. The van der Waals surface area contributed by atoms with Crippen LogP contribution >= 0.6 is 0 Å². The molecule has 2 heteroatoms. The van der Waals surface area contributed by atoms with E-state index in [2.05, 4.69) is 36.0 Å². The molecule has 0 aliphatic heterocycles. The molecule has 0 fully saturated rings. The summed E-state index contributed by atoms with van der Waals surface area (Å²) < 4.78 is 0. The molecule has 0 unspecified atom stereocenters. The van der Waals surface area contributed by atoms with E-state index in [9.17, 15) is 0 Å². The summed E-state index contributed by atoms with van der Waals surface area (Å²) in [7, 11) is 1.54. The highest BCUT2D eigenvalue weighted by Crippen LogP contribution is 2.13. The lowest BCUT2D eigenvalue weighted by Crippen LogP contribution is -1.88. The summed E-state index contributed by atoms with van der Waals surface area (Å²) in [5, 5.41) is 3.69. The largest absolute Gasteiger partial charge is 0.399 e. The fourth-order valence-electron chi connectivity index (χ4n) is 1.08. The molecule has 0 N–H and O–H groups in total. The molecule has 70 valence electrons. The lowest BCUT2D eigenvalue weighted by molar-refractivity contribution is 0.215. The Hall–Kier alpha value is -1.31. The number of hydrogen-bond donors (Lipinski definition) is 0. The van der Waals surface area contributed by atoms with Crippen molar-refractivity contribution >= 4 is 6.21 Å². The molecule has 0 heterocycles. The van der Waals surface area contributed by atoms with Gasteiger partial charge in [-0.15, -0.1) is 0 Å². The summed E-state index contributed by atoms with van der Waals surface area (Å²) in [6.07, 6.45) is 1.70. The maximum atomic E-state index is 4.59. The molecule has 1 aromatic carbocycles. The first-order valence-corrected chi connectivity index (χ1v) is 4.40. The van der Waals surface area contributed by atoms with Gasteiger partial charge in [0.15, 0.2) is 0 Å². The summed E-state index contributed by atoms with van der Waals surface area (Å²) in [5.74, 6) is 0.577. The molecule has 0 atom stereocenters. The lowest BCUT2D eigenvalue weighted by atomic mass is 10.0. The van der Waals surface area contributed by atoms with E-state index in [-0.39, 0.29) is 0 Å². The van der Waals surface area contributed by atoms with Gasteiger partial charge in [-0.3, -0.25) is 0 Å². The van der Waals surface area contributed by atoms with Gasteiger partial charge < -0.3 is 4.84 Å². The lowest BCUT2D eigenvalue weighted by Gasteiger charge is -2.03. The van der Waals surface area contributed by atoms with Crippen LogP contribution in [0.25, 0.3) is 0 Å². The van der Waals surface area contributed by atoms with E-state index in [1.165, 1.54) is 5.56 Å². The van der Waals surface area contributed by atoms with Gasteiger partial charge >= 0.3 is 0 Å². The average Bonchev–Trinajstić information content (AvgIpc) is 2.15. The highest BCUT2D eigenvalue weighted by atomic mass is 16.6. The van der Waals surface area contributed by atoms with Gasteiger partial charge in [-0.05, 0) is 17.0 Å². The zero-order valence-electron chi connectivity index (χ0n) is 8.32. The smallest absolute Gasteiger partial charge is 0.106 e. The minimum Gasteiger partial charge on any atom is -0.399 e. The van der Waals surface area contributed by atoms with E-state index in [1.54, 1.807) is 13.3 Å². The number of nitrogens with zero attached hydrogens (tertiary/aromatic N) is 1. The van der Waals surface area contributed by atoms with Crippen molar-refractivity contribution in [3.05, 3.63) is 35.4 Å². The van der Waals surface area contributed by atoms with Crippen LogP contribution in [-0.2, 0) is 4.84 Å². The molecule has 0 saturated carbocycles. The minimum absolute atomic E-state index is 0.577. The summed E-state index contributed by atoms with van der Waals surface area (Å²) in [4.78, 5) is 4.59. The van der Waals surface area contributed by atoms with E-state index in [0.29, 0.717) is 5.92 Å². The second-order valence-corrected chi connectivity index (χ2v) is 3.24. The van der Waals surface area contributed by atoms with Gasteiger partial charge in [0.25, 0.3) is 0 Å². The standard InChI is InChI=1S/C11H15NO/c1-9(2)11-6-4-10(5-7-11)8-12-13-3/h4-9H,1-3H3. The van der Waals surface area contributed by atoms with Crippen molar-refractivity contribution < 1.29 is 4.84 Å². The van der Waals surface area contributed by atoms with E-state index in [4.69, 9.17) is 0 Å². The molecule has 0 radical (unpaired) electrons. The van der Waals surface area contributed by atoms with Crippen molar-refractivity contribution in [3.8, 4) is 0 Å². The van der Waals surface area contributed by atoms with Crippen molar-refractivity contribution in [2.75, 3.05) is 7.11 Å². The van der Waals surface area contributed by atoms with Gasteiger partial charge in [0.05, 0.1) is 6.21 Å². The maximum Gasteiger partial charge on any atom is 0.106 e. The summed E-state index contributed by atoms with van der Waals surface area (Å²) in [6, 6.07) is 8.30. The summed E-state index contributed by atoms with van der Waals surface area (Å²) in [5.41, 5.74) is 2.40. The predicted octanol–water partition coefficient (Wildman–Crippen LogP) is 2.79. The Morgan fingerprint density at radius 1 is 1.23 bits per heavy atom. The number of benzene rings is 1. The Kier molecular flexibility index (Phi) is 3.50. The third-order valence-corrected chi connectivity index (χ3v) is 1.91. The van der Waals surface area contributed by atoms with Crippen molar-refractivity contribution in [2.24, 2.45) is 5.16 Å². The zero-order valence-corrected chi connectivity index (χ0v) is 8.32. The third-order valence-electron chi connectivity index (χ3n) is 1.91. The second kappa shape index (κ2) is 4.65. The molecular weight excluding hydrogens is 162 g/mol. The molecule has 0 bridgehead atoms. The summed E-state index contributed by atoms with van der Waals surface area (Å²) >= 11 is 0. The SMILES string of the molecule is CON=Cc1ccc(C(C)C)cc1. The summed E-state index contributed by atoms with van der Waals surface area (Å²) in [6.45, 7) is 4.36. The molecule has 0 spiro atoms.